The molecule has 2 heteroatoms. The molecule has 90 valence electrons. The van der Waals surface area contributed by atoms with Gasteiger partial charge in [0, 0.05) is 6.54 Å². The van der Waals surface area contributed by atoms with Crippen LogP contribution in [0.1, 0.15) is 25.0 Å². The number of nitrogens with two attached hydrogens (primary N) is 1. The summed E-state index contributed by atoms with van der Waals surface area (Å²) in [4.78, 5) is 0. The van der Waals surface area contributed by atoms with E-state index >= 15 is 0 Å². The van der Waals surface area contributed by atoms with Gasteiger partial charge in [-0.2, -0.15) is 0 Å². The Morgan fingerprint density at radius 1 is 1.19 bits per heavy atom. The van der Waals surface area contributed by atoms with Gasteiger partial charge in [-0.15, -0.1) is 0 Å². The quantitative estimate of drug-likeness (QED) is 0.721. The van der Waals surface area contributed by atoms with Gasteiger partial charge in [0.1, 0.15) is 0 Å². The smallest absolute Gasteiger partial charge is 0.00147 e. The second kappa shape index (κ2) is 6.02. The molecule has 0 radical (unpaired) electrons. The van der Waals surface area contributed by atoms with Crippen molar-refractivity contribution >= 4 is 0 Å². The molecule has 1 aromatic carbocycles. The summed E-state index contributed by atoms with van der Waals surface area (Å²) in [5.41, 5.74) is 8.59. The van der Waals surface area contributed by atoms with Gasteiger partial charge in [0.15, 0.2) is 0 Å². The van der Waals surface area contributed by atoms with Crippen molar-refractivity contribution in [2.45, 2.75) is 27.2 Å². The number of hydrogen-bond donors (Lipinski definition) is 2. The lowest BCUT2D eigenvalue weighted by Gasteiger charge is -2.22. The summed E-state index contributed by atoms with van der Waals surface area (Å²) >= 11 is 0. The van der Waals surface area contributed by atoms with Gasteiger partial charge in [0.05, 0.1) is 0 Å². The van der Waals surface area contributed by atoms with E-state index in [-0.39, 0.29) is 5.41 Å². The predicted molar refractivity (Wildman–Crippen MR) is 70.6 cm³/mol. The molecule has 0 fully saturated rings. The highest BCUT2D eigenvalue weighted by molar-refractivity contribution is 5.21. The topological polar surface area (TPSA) is 38.0 Å². The Bertz CT molecular complexity index is 301. The zero-order valence-electron chi connectivity index (χ0n) is 10.7. The van der Waals surface area contributed by atoms with Gasteiger partial charge < -0.3 is 11.1 Å². The first-order chi connectivity index (χ1) is 7.53. The van der Waals surface area contributed by atoms with Gasteiger partial charge in [-0.05, 0) is 37.4 Å². The lowest BCUT2D eigenvalue weighted by Crippen LogP contribution is -2.36. The Morgan fingerprint density at radius 2 is 1.81 bits per heavy atom. The van der Waals surface area contributed by atoms with Crippen LogP contribution in [-0.2, 0) is 6.42 Å². The highest BCUT2D eigenvalue weighted by atomic mass is 14.9. The van der Waals surface area contributed by atoms with Gasteiger partial charge >= 0.3 is 0 Å². The molecule has 0 amide bonds. The molecular weight excluding hydrogens is 196 g/mol. The van der Waals surface area contributed by atoms with E-state index in [1.54, 1.807) is 0 Å². The van der Waals surface area contributed by atoms with Gasteiger partial charge in [0.2, 0.25) is 0 Å². The van der Waals surface area contributed by atoms with E-state index in [1.165, 1.54) is 11.1 Å². The van der Waals surface area contributed by atoms with E-state index in [0.717, 1.165) is 26.1 Å². The molecule has 0 saturated carbocycles. The second-order valence-electron chi connectivity index (χ2n) is 5.28. The molecule has 1 rings (SSSR count). The molecule has 0 bridgehead atoms. The van der Waals surface area contributed by atoms with Crippen LogP contribution in [0.25, 0.3) is 0 Å². The third-order valence-corrected chi connectivity index (χ3v) is 2.87. The minimum atomic E-state index is 0.202. The molecule has 3 N–H and O–H groups in total. The van der Waals surface area contributed by atoms with E-state index in [9.17, 15) is 0 Å². The van der Waals surface area contributed by atoms with Crippen molar-refractivity contribution in [2.24, 2.45) is 11.1 Å². The third-order valence-electron chi connectivity index (χ3n) is 2.87. The number of aryl methyl sites for hydroxylation is 1. The monoisotopic (exact) mass is 220 g/mol. The Morgan fingerprint density at radius 3 is 2.38 bits per heavy atom. The predicted octanol–water partition coefficient (Wildman–Crippen LogP) is 2.11. The normalized spacial score (nSPS) is 11.8. The Balaban J connectivity index is 2.23. The minimum absolute atomic E-state index is 0.202. The molecule has 1 aromatic rings. The molecule has 0 aliphatic heterocycles. The highest BCUT2D eigenvalue weighted by Gasteiger charge is 2.13. The van der Waals surface area contributed by atoms with Gasteiger partial charge in [-0.3, -0.25) is 0 Å². The first-order valence-electron chi connectivity index (χ1n) is 6.00. The summed E-state index contributed by atoms with van der Waals surface area (Å²) < 4.78 is 0. The van der Waals surface area contributed by atoms with Crippen molar-refractivity contribution in [1.29, 1.82) is 0 Å². The first kappa shape index (κ1) is 13.2. The third kappa shape index (κ3) is 4.77. The maximum atomic E-state index is 5.68. The maximum Gasteiger partial charge on any atom is 0.00147 e. The first-order valence-corrected chi connectivity index (χ1v) is 6.00. The summed E-state index contributed by atoms with van der Waals surface area (Å²) in [6.45, 7) is 9.22. The Labute approximate surface area is 99.2 Å². The van der Waals surface area contributed by atoms with Crippen LogP contribution in [0.4, 0.5) is 0 Å². The van der Waals surface area contributed by atoms with Crippen LogP contribution in [0.3, 0.4) is 0 Å². The average Bonchev–Trinajstić information content (AvgIpc) is 2.27. The number of rotatable bonds is 6. The van der Waals surface area contributed by atoms with Crippen LogP contribution in [0.5, 0.6) is 0 Å². The summed E-state index contributed by atoms with van der Waals surface area (Å²) in [6, 6.07) is 8.73. The van der Waals surface area contributed by atoms with Crippen LogP contribution in [0.15, 0.2) is 24.3 Å². The van der Waals surface area contributed by atoms with E-state index in [2.05, 4.69) is 50.4 Å². The maximum absolute atomic E-state index is 5.68. The fourth-order valence-corrected chi connectivity index (χ4v) is 1.49. The van der Waals surface area contributed by atoms with E-state index in [4.69, 9.17) is 5.73 Å². The average molecular weight is 220 g/mol. The molecule has 0 aromatic heterocycles. The Kier molecular flexibility index (Phi) is 4.97. The standard InChI is InChI=1S/C14H24N2/c1-12-4-6-13(7-5-12)8-9-16-11-14(2,3)10-15/h4-7,16H,8-11,15H2,1-3H3. The summed E-state index contributed by atoms with van der Waals surface area (Å²) in [5.74, 6) is 0. The molecule has 0 spiro atoms. The zero-order chi connectivity index (χ0) is 12.0. The fraction of sp³-hybridized carbons (Fsp3) is 0.571. The lowest BCUT2D eigenvalue weighted by atomic mass is 9.94. The van der Waals surface area contributed by atoms with Crippen LogP contribution in [-0.4, -0.2) is 19.6 Å². The molecule has 0 aliphatic carbocycles. The molecule has 0 unspecified atom stereocenters. The molecule has 0 saturated heterocycles. The molecule has 2 nitrogen and oxygen atoms in total. The van der Waals surface area contributed by atoms with E-state index in [1.807, 2.05) is 0 Å². The number of hydrogen-bond acceptors (Lipinski definition) is 2. The van der Waals surface area contributed by atoms with Crippen molar-refractivity contribution in [1.82, 2.24) is 5.32 Å². The number of nitrogens with one attached hydrogen (secondary N) is 1. The summed E-state index contributed by atoms with van der Waals surface area (Å²) in [5, 5.41) is 3.46. The summed E-state index contributed by atoms with van der Waals surface area (Å²) in [6.07, 6.45) is 1.08. The molecule has 16 heavy (non-hydrogen) atoms. The fourth-order valence-electron chi connectivity index (χ4n) is 1.49. The molecule has 0 heterocycles. The summed E-state index contributed by atoms with van der Waals surface area (Å²) in [7, 11) is 0. The SMILES string of the molecule is Cc1ccc(CCNCC(C)(C)CN)cc1. The number of benzene rings is 1. The van der Waals surface area contributed by atoms with Gasteiger partial charge in [-0.25, -0.2) is 0 Å². The van der Waals surface area contributed by atoms with Crippen molar-refractivity contribution < 1.29 is 0 Å². The van der Waals surface area contributed by atoms with Gasteiger partial charge in [0.25, 0.3) is 0 Å². The second-order valence-corrected chi connectivity index (χ2v) is 5.28. The molecular formula is C14H24N2. The largest absolute Gasteiger partial charge is 0.330 e. The lowest BCUT2D eigenvalue weighted by molar-refractivity contribution is 0.353. The van der Waals surface area contributed by atoms with E-state index in [0.29, 0.717) is 0 Å². The van der Waals surface area contributed by atoms with Crippen LogP contribution in [0.2, 0.25) is 0 Å². The zero-order valence-corrected chi connectivity index (χ0v) is 10.7. The van der Waals surface area contributed by atoms with Crippen molar-refractivity contribution in [2.75, 3.05) is 19.6 Å². The van der Waals surface area contributed by atoms with Crippen molar-refractivity contribution in [3.05, 3.63) is 35.4 Å². The molecule has 0 aliphatic rings. The molecule has 0 atom stereocenters. The van der Waals surface area contributed by atoms with E-state index < -0.39 is 0 Å². The van der Waals surface area contributed by atoms with Crippen LogP contribution >= 0.6 is 0 Å². The van der Waals surface area contributed by atoms with Crippen molar-refractivity contribution in [3.63, 3.8) is 0 Å². The Hall–Kier alpha value is -0.860. The van der Waals surface area contributed by atoms with Crippen LogP contribution < -0.4 is 11.1 Å². The van der Waals surface area contributed by atoms with Crippen molar-refractivity contribution in [3.8, 4) is 0 Å². The van der Waals surface area contributed by atoms with Crippen LogP contribution in [0, 0.1) is 12.3 Å². The van der Waals surface area contributed by atoms with Gasteiger partial charge in [-0.1, -0.05) is 43.7 Å². The highest BCUT2D eigenvalue weighted by Crippen LogP contribution is 2.10. The minimum Gasteiger partial charge on any atom is -0.330 e.